The topological polar surface area (TPSA) is 55.3 Å². The molecule has 1 aliphatic heterocycles. The van der Waals surface area contributed by atoms with Crippen LogP contribution in [0.5, 0.6) is 11.5 Å². The molecule has 0 spiro atoms. The molecule has 0 bridgehead atoms. The van der Waals surface area contributed by atoms with Crippen LogP contribution in [0.15, 0.2) is 54.7 Å². The van der Waals surface area contributed by atoms with E-state index in [1.54, 1.807) is 42.3 Å². The molecule has 2 heterocycles. The van der Waals surface area contributed by atoms with Gasteiger partial charge in [-0.05, 0) is 55.8 Å². The van der Waals surface area contributed by atoms with E-state index < -0.39 is 11.7 Å². The van der Waals surface area contributed by atoms with E-state index in [2.05, 4.69) is 9.97 Å². The lowest BCUT2D eigenvalue weighted by Crippen LogP contribution is -2.38. The van der Waals surface area contributed by atoms with Crippen LogP contribution in [0.1, 0.15) is 27.3 Å². The second-order valence-electron chi connectivity index (χ2n) is 6.58. The zero-order chi connectivity index (χ0) is 20.6. The highest BCUT2D eigenvalue weighted by Crippen LogP contribution is 2.34. The number of nitrogens with zero attached hydrogens (tertiary/aromatic N) is 3. The Bertz CT molecular complexity index is 1070. The monoisotopic (exact) mass is 399 g/mol. The number of halogens is 3. The molecule has 148 valence electrons. The van der Waals surface area contributed by atoms with E-state index in [-0.39, 0.29) is 11.7 Å². The van der Waals surface area contributed by atoms with Crippen LogP contribution in [-0.4, -0.2) is 22.4 Å². The van der Waals surface area contributed by atoms with E-state index in [9.17, 15) is 18.0 Å². The van der Waals surface area contributed by atoms with Crippen molar-refractivity contribution < 1.29 is 22.7 Å². The molecule has 0 N–H and O–H groups in total. The van der Waals surface area contributed by atoms with E-state index in [1.807, 2.05) is 0 Å². The molecular weight excluding hydrogens is 383 g/mol. The third kappa shape index (κ3) is 3.78. The molecule has 3 aromatic rings. The van der Waals surface area contributed by atoms with Crippen molar-refractivity contribution in [3.05, 3.63) is 77.2 Å². The number of benzene rings is 2. The largest absolute Gasteiger partial charge is 0.457 e. The van der Waals surface area contributed by atoms with Gasteiger partial charge in [-0.2, -0.15) is 13.2 Å². The highest BCUT2D eigenvalue weighted by molar-refractivity contribution is 6.08. The lowest BCUT2D eigenvalue weighted by Gasteiger charge is -2.28. The predicted molar refractivity (Wildman–Crippen MR) is 100 cm³/mol. The first-order valence-corrected chi connectivity index (χ1v) is 8.91. The van der Waals surface area contributed by atoms with Gasteiger partial charge in [0.2, 0.25) is 0 Å². The Morgan fingerprint density at radius 3 is 2.52 bits per heavy atom. The summed E-state index contributed by atoms with van der Waals surface area (Å²) in [5.74, 6) is 1.62. The number of fused-ring (bicyclic) bond motifs is 1. The molecule has 0 saturated heterocycles. The van der Waals surface area contributed by atoms with Crippen LogP contribution in [0.25, 0.3) is 0 Å². The van der Waals surface area contributed by atoms with Crippen molar-refractivity contribution in [2.45, 2.75) is 19.5 Å². The van der Waals surface area contributed by atoms with Crippen LogP contribution in [0.2, 0.25) is 0 Å². The van der Waals surface area contributed by atoms with E-state index in [1.165, 1.54) is 12.1 Å². The lowest BCUT2D eigenvalue weighted by atomic mass is 9.98. The maximum Gasteiger partial charge on any atom is 0.416 e. The normalized spacial score (nSPS) is 13.9. The van der Waals surface area contributed by atoms with Gasteiger partial charge in [0, 0.05) is 23.9 Å². The molecule has 1 aromatic heterocycles. The molecular formula is C21H16F3N3O2. The van der Waals surface area contributed by atoms with Gasteiger partial charge in [0.25, 0.3) is 5.91 Å². The molecule has 0 unspecified atom stereocenters. The first-order chi connectivity index (χ1) is 13.8. The predicted octanol–water partition coefficient (Wildman–Crippen LogP) is 4.80. The number of carbonyl (C=O) groups is 1. The van der Waals surface area contributed by atoms with Gasteiger partial charge in [-0.3, -0.25) is 9.69 Å². The average Bonchev–Trinajstić information content (AvgIpc) is 2.68. The van der Waals surface area contributed by atoms with E-state index in [4.69, 9.17) is 4.74 Å². The first kappa shape index (κ1) is 18.9. The molecule has 2 aromatic carbocycles. The Balaban J connectivity index is 1.61. The molecule has 5 nitrogen and oxygen atoms in total. The minimum Gasteiger partial charge on any atom is -0.457 e. The number of alkyl halides is 3. The molecule has 0 fully saturated rings. The van der Waals surface area contributed by atoms with Crippen molar-refractivity contribution >= 4 is 11.7 Å². The molecule has 1 amide bonds. The minimum atomic E-state index is -4.40. The van der Waals surface area contributed by atoms with Crippen LogP contribution < -0.4 is 9.64 Å². The smallest absolute Gasteiger partial charge is 0.416 e. The van der Waals surface area contributed by atoms with Gasteiger partial charge in [-0.25, -0.2) is 9.97 Å². The summed E-state index contributed by atoms with van der Waals surface area (Å²) in [4.78, 5) is 22.9. The van der Waals surface area contributed by atoms with E-state index in [0.29, 0.717) is 35.9 Å². The number of hydrogen-bond acceptors (Lipinski definition) is 4. The van der Waals surface area contributed by atoms with Crippen molar-refractivity contribution in [1.29, 1.82) is 0 Å². The average molecular weight is 399 g/mol. The second kappa shape index (κ2) is 7.20. The van der Waals surface area contributed by atoms with Crippen LogP contribution in [-0.2, 0) is 12.6 Å². The number of aryl methyl sites for hydroxylation is 1. The Morgan fingerprint density at radius 2 is 1.83 bits per heavy atom. The highest BCUT2D eigenvalue weighted by atomic mass is 19.4. The zero-order valence-corrected chi connectivity index (χ0v) is 15.4. The summed E-state index contributed by atoms with van der Waals surface area (Å²) in [6, 6.07) is 11.2. The number of amides is 1. The van der Waals surface area contributed by atoms with Gasteiger partial charge < -0.3 is 4.74 Å². The number of aromatic nitrogens is 2. The standard InChI is InChI=1S/C21H16F3N3O2/c1-13-25-11-9-19(26-13)27-12-10-16-17(20(27)28)3-2-4-18(16)29-15-7-5-14(6-8-15)21(22,23)24/h2-9,11H,10,12H2,1H3. The second-order valence-corrected chi connectivity index (χ2v) is 6.58. The van der Waals surface area contributed by atoms with Crippen LogP contribution in [0.4, 0.5) is 19.0 Å². The fourth-order valence-corrected chi connectivity index (χ4v) is 3.24. The van der Waals surface area contributed by atoms with Crippen molar-refractivity contribution in [3.63, 3.8) is 0 Å². The molecule has 4 rings (SSSR count). The SMILES string of the molecule is Cc1nccc(N2CCc3c(Oc4ccc(C(F)(F)F)cc4)cccc3C2=O)n1. The van der Waals surface area contributed by atoms with Crippen LogP contribution in [0, 0.1) is 6.92 Å². The maximum absolute atomic E-state index is 13.0. The molecule has 0 atom stereocenters. The fourth-order valence-electron chi connectivity index (χ4n) is 3.24. The molecule has 8 heteroatoms. The van der Waals surface area contributed by atoms with E-state index in [0.717, 1.165) is 17.7 Å². The number of carbonyl (C=O) groups excluding carboxylic acids is 1. The summed E-state index contributed by atoms with van der Waals surface area (Å²) in [5.41, 5.74) is 0.460. The van der Waals surface area contributed by atoms with Gasteiger partial charge in [0.1, 0.15) is 23.1 Å². The Hall–Kier alpha value is -3.42. The number of ether oxygens (including phenoxy) is 1. The van der Waals surface area contributed by atoms with Gasteiger partial charge in [0.15, 0.2) is 0 Å². The van der Waals surface area contributed by atoms with E-state index >= 15 is 0 Å². The van der Waals surface area contributed by atoms with Crippen LogP contribution >= 0.6 is 0 Å². The van der Waals surface area contributed by atoms with Crippen molar-refractivity contribution in [1.82, 2.24) is 9.97 Å². The Kier molecular flexibility index (Phi) is 4.70. The Morgan fingerprint density at radius 1 is 1.07 bits per heavy atom. The molecule has 0 aliphatic carbocycles. The molecule has 0 radical (unpaired) electrons. The maximum atomic E-state index is 13.0. The van der Waals surface area contributed by atoms with Crippen molar-refractivity contribution in [2.75, 3.05) is 11.4 Å². The molecule has 1 aliphatic rings. The molecule has 29 heavy (non-hydrogen) atoms. The van der Waals surface area contributed by atoms with Gasteiger partial charge in [-0.1, -0.05) is 6.07 Å². The summed E-state index contributed by atoms with van der Waals surface area (Å²) >= 11 is 0. The number of anilines is 1. The molecule has 0 saturated carbocycles. The zero-order valence-electron chi connectivity index (χ0n) is 15.4. The third-order valence-corrected chi connectivity index (χ3v) is 4.64. The number of rotatable bonds is 3. The van der Waals surface area contributed by atoms with Gasteiger partial charge >= 0.3 is 6.18 Å². The summed E-state index contributed by atoms with van der Waals surface area (Å²) in [5, 5.41) is 0. The summed E-state index contributed by atoms with van der Waals surface area (Å²) < 4.78 is 44.0. The first-order valence-electron chi connectivity index (χ1n) is 8.91. The summed E-state index contributed by atoms with van der Waals surface area (Å²) in [6.07, 6.45) is -2.27. The minimum absolute atomic E-state index is 0.206. The van der Waals surface area contributed by atoms with Gasteiger partial charge in [-0.15, -0.1) is 0 Å². The quantitative estimate of drug-likeness (QED) is 0.635. The van der Waals surface area contributed by atoms with Crippen LogP contribution in [0.3, 0.4) is 0 Å². The van der Waals surface area contributed by atoms with Gasteiger partial charge in [0.05, 0.1) is 5.56 Å². The third-order valence-electron chi connectivity index (χ3n) is 4.64. The number of hydrogen-bond donors (Lipinski definition) is 0. The Labute approximate surface area is 164 Å². The summed E-state index contributed by atoms with van der Waals surface area (Å²) in [6.45, 7) is 2.16. The van der Waals surface area contributed by atoms with Crippen molar-refractivity contribution in [2.24, 2.45) is 0 Å². The summed E-state index contributed by atoms with van der Waals surface area (Å²) in [7, 11) is 0. The lowest BCUT2D eigenvalue weighted by molar-refractivity contribution is -0.137. The fraction of sp³-hybridized carbons (Fsp3) is 0.190. The van der Waals surface area contributed by atoms with Crippen molar-refractivity contribution in [3.8, 4) is 11.5 Å². The highest BCUT2D eigenvalue weighted by Gasteiger charge is 2.31.